The van der Waals surface area contributed by atoms with E-state index in [0.29, 0.717) is 34.7 Å². The fraction of sp³-hybridized carbons (Fsp3) is 0.643. The molecule has 1 aliphatic rings. The maximum absolute atomic E-state index is 12.7. The van der Waals surface area contributed by atoms with Crippen molar-refractivity contribution in [3.05, 3.63) is 16.5 Å². The SMILES string of the molecule is Cc1nc(CO)c2nc(C3CCC(C(F)(F)F)CC3)sc2n1. The standard InChI is InChI=1S/C14H16F3N3OS/c1-7-18-10(6-21)11-13(19-7)22-12(20-11)8-2-4-9(5-3-8)14(15,16)17/h8-9,21H,2-6H2,1H3. The van der Waals surface area contributed by atoms with Crippen LogP contribution in [0, 0.1) is 12.8 Å². The second-order valence-corrected chi connectivity index (χ2v) is 6.68. The Morgan fingerprint density at radius 1 is 1.14 bits per heavy atom. The molecule has 0 atom stereocenters. The Bertz CT molecular complexity index is 678. The summed E-state index contributed by atoms with van der Waals surface area (Å²) in [6.07, 6.45) is -2.80. The first-order chi connectivity index (χ1) is 10.4. The molecule has 1 fully saturated rings. The number of aryl methyl sites for hydroxylation is 1. The minimum Gasteiger partial charge on any atom is -0.390 e. The monoisotopic (exact) mass is 331 g/mol. The van der Waals surface area contributed by atoms with Crippen LogP contribution in [0.15, 0.2) is 0 Å². The normalized spacial score (nSPS) is 23.1. The molecule has 0 bridgehead atoms. The Kier molecular flexibility index (Phi) is 4.07. The highest BCUT2D eigenvalue weighted by molar-refractivity contribution is 7.18. The molecule has 8 heteroatoms. The number of halogens is 3. The van der Waals surface area contributed by atoms with Crippen LogP contribution in [0.25, 0.3) is 10.3 Å². The number of hydrogen-bond donors (Lipinski definition) is 1. The minimum absolute atomic E-state index is 0.0460. The quantitative estimate of drug-likeness (QED) is 0.911. The number of nitrogens with zero attached hydrogens (tertiary/aromatic N) is 3. The van der Waals surface area contributed by atoms with Crippen LogP contribution in [-0.2, 0) is 6.61 Å². The van der Waals surface area contributed by atoms with E-state index in [0.717, 1.165) is 5.01 Å². The number of rotatable bonds is 2. The summed E-state index contributed by atoms with van der Waals surface area (Å²) < 4.78 is 38.2. The zero-order valence-corrected chi connectivity index (χ0v) is 12.8. The van der Waals surface area contributed by atoms with E-state index in [4.69, 9.17) is 0 Å². The van der Waals surface area contributed by atoms with Gasteiger partial charge in [-0.1, -0.05) is 11.3 Å². The molecular weight excluding hydrogens is 315 g/mol. The number of alkyl halides is 3. The van der Waals surface area contributed by atoms with Gasteiger partial charge in [0.25, 0.3) is 0 Å². The molecule has 0 amide bonds. The largest absolute Gasteiger partial charge is 0.391 e. The van der Waals surface area contributed by atoms with Gasteiger partial charge >= 0.3 is 6.18 Å². The molecule has 1 aliphatic carbocycles. The van der Waals surface area contributed by atoms with Crippen LogP contribution in [0.3, 0.4) is 0 Å². The van der Waals surface area contributed by atoms with Gasteiger partial charge in [0, 0.05) is 5.92 Å². The van der Waals surface area contributed by atoms with Crippen molar-refractivity contribution in [3.8, 4) is 0 Å². The minimum atomic E-state index is -4.09. The van der Waals surface area contributed by atoms with Crippen LogP contribution >= 0.6 is 11.3 Å². The maximum Gasteiger partial charge on any atom is 0.391 e. The molecule has 120 valence electrons. The van der Waals surface area contributed by atoms with Gasteiger partial charge in [0.05, 0.1) is 23.2 Å². The van der Waals surface area contributed by atoms with Gasteiger partial charge < -0.3 is 5.11 Å². The first kappa shape index (κ1) is 15.6. The zero-order chi connectivity index (χ0) is 15.9. The Balaban J connectivity index is 1.83. The molecule has 2 aromatic rings. The average Bonchev–Trinajstić information content (AvgIpc) is 2.89. The van der Waals surface area contributed by atoms with Gasteiger partial charge in [-0.2, -0.15) is 13.2 Å². The van der Waals surface area contributed by atoms with Gasteiger partial charge in [-0.3, -0.25) is 0 Å². The van der Waals surface area contributed by atoms with Crippen molar-refractivity contribution in [2.24, 2.45) is 5.92 Å². The van der Waals surface area contributed by atoms with E-state index >= 15 is 0 Å². The number of aliphatic hydroxyl groups excluding tert-OH is 1. The molecule has 2 aromatic heterocycles. The highest BCUT2D eigenvalue weighted by Gasteiger charge is 2.42. The van der Waals surface area contributed by atoms with Gasteiger partial charge in [0.2, 0.25) is 0 Å². The van der Waals surface area contributed by atoms with Crippen LogP contribution in [0.2, 0.25) is 0 Å². The summed E-state index contributed by atoms with van der Waals surface area (Å²) in [4.78, 5) is 13.7. The predicted molar refractivity (Wildman–Crippen MR) is 76.6 cm³/mol. The summed E-state index contributed by atoms with van der Waals surface area (Å²) in [7, 11) is 0. The maximum atomic E-state index is 12.7. The molecule has 0 unspecified atom stereocenters. The van der Waals surface area contributed by atoms with Crippen LogP contribution in [0.4, 0.5) is 13.2 Å². The summed E-state index contributed by atoms with van der Waals surface area (Å²) in [5.41, 5.74) is 1.06. The molecular formula is C14H16F3N3OS. The average molecular weight is 331 g/mol. The molecule has 4 nitrogen and oxygen atoms in total. The number of thiazole rings is 1. The number of fused-ring (bicyclic) bond motifs is 1. The molecule has 22 heavy (non-hydrogen) atoms. The first-order valence-electron chi connectivity index (χ1n) is 7.20. The second-order valence-electron chi connectivity index (χ2n) is 5.67. The molecule has 0 aromatic carbocycles. The van der Waals surface area contributed by atoms with Crippen molar-refractivity contribution in [2.75, 3.05) is 0 Å². The van der Waals surface area contributed by atoms with Crippen molar-refractivity contribution < 1.29 is 18.3 Å². The van der Waals surface area contributed by atoms with Gasteiger partial charge in [0.1, 0.15) is 16.2 Å². The number of hydrogen-bond acceptors (Lipinski definition) is 5. The van der Waals surface area contributed by atoms with E-state index in [1.54, 1.807) is 6.92 Å². The summed E-state index contributed by atoms with van der Waals surface area (Å²) in [6, 6.07) is 0. The van der Waals surface area contributed by atoms with Crippen LogP contribution in [0.1, 0.15) is 48.1 Å². The third-order valence-corrected chi connectivity index (χ3v) is 5.26. The molecule has 0 radical (unpaired) electrons. The predicted octanol–water partition coefficient (Wildman–Crippen LogP) is 3.72. The van der Waals surface area contributed by atoms with Crippen LogP contribution < -0.4 is 0 Å². The topological polar surface area (TPSA) is 58.9 Å². The lowest BCUT2D eigenvalue weighted by molar-refractivity contribution is -0.182. The lowest BCUT2D eigenvalue weighted by Crippen LogP contribution is -2.27. The summed E-state index contributed by atoms with van der Waals surface area (Å²) in [6.45, 7) is 1.52. The Hall–Kier alpha value is -1.28. The van der Waals surface area contributed by atoms with Crippen molar-refractivity contribution >= 4 is 21.7 Å². The third-order valence-electron chi connectivity index (χ3n) is 4.15. The number of aromatic nitrogens is 3. The summed E-state index contributed by atoms with van der Waals surface area (Å²) in [5, 5.41) is 10.2. The molecule has 1 saturated carbocycles. The molecule has 0 saturated heterocycles. The van der Waals surface area contributed by atoms with Gasteiger partial charge in [-0.05, 0) is 32.6 Å². The van der Waals surface area contributed by atoms with Crippen molar-refractivity contribution in [1.29, 1.82) is 0 Å². The smallest absolute Gasteiger partial charge is 0.390 e. The zero-order valence-electron chi connectivity index (χ0n) is 12.0. The Morgan fingerprint density at radius 3 is 2.41 bits per heavy atom. The van der Waals surface area contributed by atoms with Gasteiger partial charge in [-0.15, -0.1) is 0 Å². The Labute approximate surface area is 129 Å². The third kappa shape index (κ3) is 2.94. The molecule has 3 rings (SSSR count). The van der Waals surface area contributed by atoms with Gasteiger partial charge in [0.15, 0.2) is 0 Å². The van der Waals surface area contributed by atoms with E-state index in [9.17, 15) is 18.3 Å². The van der Waals surface area contributed by atoms with Crippen molar-refractivity contribution in [3.63, 3.8) is 0 Å². The fourth-order valence-electron chi connectivity index (χ4n) is 2.96. The highest BCUT2D eigenvalue weighted by atomic mass is 32.1. The van der Waals surface area contributed by atoms with Crippen LogP contribution in [-0.4, -0.2) is 26.2 Å². The summed E-state index contributed by atoms with van der Waals surface area (Å²) in [5.74, 6) is -0.578. The lowest BCUT2D eigenvalue weighted by Gasteiger charge is -2.28. The summed E-state index contributed by atoms with van der Waals surface area (Å²) >= 11 is 1.40. The first-order valence-corrected chi connectivity index (χ1v) is 8.01. The fourth-order valence-corrected chi connectivity index (χ4v) is 4.14. The number of aliphatic hydroxyl groups is 1. The molecule has 0 aliphatic heterocycles. The van der Waals surface area contributed by atoms with Crippen LogP contribution in [0.5, 0.6) is 0 Å². The van der Waals surface area contributed by atoms with E-state index in [1.165, 1.54) is 11.3 Å². The molecule has 2 heterocycles. The van der Waals surface area contributed by atoms with E-state index < -0.39 is 12.1 Å². The molecule has 0 spiro atoms. The van der Waals surface area contributed by atoms with Crippen molar-refractivity contribution in [2.45, 2.75) is 51.3 Å². The van der Waals surface area contributed by atoms with E-state index in [1.807, 2.05) is 0 Å². The van der Waals surface area contributed by atoms with Crippen molar-refractivity contribution in [1.82, 2.24) is 15.0 Å². The Morgan fingerprint density at radius 2 is 1.82 bits per heavy atom. The van der Waals surface area contributed by atoms with E-state index in [2.05, 4.69) is 15.0 Å². The highest BCUT2D eigenvalue weighted by Crippen LogP contribution is 2.44. The second kappa shape index (κ2) is 5.73. The lowest BCUT2D eigenvalue weighted by atomic mass is 9.82. The molecule has 1 N–H and O–H groups in total. The van der Waals surface area contributed by atoms with E-state index in [-0.39, 0.29) is 25.4 Å². The van der Waals surface area contributed by atoms with Gasteiger partial charge in [-0.25, -0.2) is 15.0 Å².